The smallest absolute Gasteiger partial charge is 0.408 e. The SMILES string of the molecule is CC(=O)c1cc(C#CCNC(=O)OCc2ccccc2)ccc1O. The van der Waals surface area contributed by atoms with Crippen molar-refractivity contribution in [3.8, 4) is 17.6 Å². The Hall–Kier alpha value is -3.26. The molecule has 5 nitrogen and oxygen atoms in total. The molecule has 122 valence electrons. The fraction of sp³-hybridized carbons (Fsp3) is 0.158. The van der Waals surface area contributed by atoms with Crippen LogP contribution in [0.25, 0.3) is 0 Å². The lowest BCUT2D eigenvalue weighted by atomic mass is 10.1. The summed E-state index contributed by atoms with van der Waals surface area (Å²) in [5.74, 6) is 5.26. The second-order valence-electron chi connectivity index (χ2n) is 5.01. The molecular formula is C19H17NO4. The minimum absolute atomic E-state index is 0.0735. The lowest BCUT2D eigenvalue weighted by Gasteiger charge is -2.04. The highest BCUT2D eigenvalue weighted by atomic mass is 16.5. The monoisotopic (exact) mass is 323 g/mol. The second-order valence-corrected chi connectivity index (χ2v) is 5.01. The highest BCUT2D eigenvalue weighted by molar-refractivity contribution is 5.97. The molecule has 0 aliphatic heterocycles. The van der Waals surface area contributed by atoms with Gasteiger partial charge in [-0.1, -0.05) is 42.2 Å². The standard InChI is InChI=1S/C19H17NO4/c1-14(21)17-12-15(9-10-18(17)22)8-5-11-20-19(23)24-13-16-6-3-2-4-7-16/h2-4,6-7,9-10,12,22H,11,13H2,1H3,(H,20,23). The number of hydrogen-bond acceptors (Lipinski definition) is 4. The van der Waals surface area contributed by atoms with Crippen LogP contribution < -0.4 is 5.32 Å². The van der Waals surface area contributed by atoms with Gasteiger partial charge < -0.3 is 15.2 Å². The highest BCUT2D eigenvalue weighted by Crippen LogP contribution is 2.18. The Labute approximate surface area is 140 Å². The van der Waals surface area contributed by atoms with Crippen molar-refractivity contribution in [3.05, 3.63) is 65.2 Å². The number of carbonyl (C=O) groups excluding carboxylic acids is 2. The van der Waals surface area contributed by atoms with Gasteiger partial charge in [0, 0.05) is 5.56 Å². The second kappa shape index (κ2) is 8.39. The molecule has 2 aromatic carbocycles. The average molecular weight is 323 g/mol. The fourth-order valence-electron chi connectivity index (χ4n) is 1.93. The van der Waals surface area contributed by atoms with Crippen LogP contribution in [0.5, 0.6) is 5.75 Å². The van der Waals surface area contributed by atoms with Gasteiger partial charge in [0.05, 0.1) is 12.1 Å². The van der Waals surface area contributed by atoms with Gasteiger partial charge in [-0.05, 0) is 30.7 Å². The summed E-state index contributed by atoms with van der Waals surface area (Å²) in [4.78, 5) is 22.9. The van der Waals surface area contributed by atoms with Crippen molar-refractivity contribution >= 4 is 11.9 Å². The molecule has 24 heavy (non-hydrogen) atoms. The van der Waals surface area contributed by atoms with Crippen LogP contribution >= 0.6 is 0 Å². The third-order valence-corrected chi connectivity index (χ3v) is 3.14. The Morgan fingerprint density at radius 1 is 1.17 bits per heavy atom. The summed E-state index contributed by atoms with van der Waals surface area (Å²) in [6, 6.07) is 13.9. The van der Waals surface area contributed by atoms with Gasteiger partial charge in [-0.25, -0.2) is 4.79 Å². The van der Waals surface area contributed by atoms with Gasteiger partial charge in [0.1, 0.15) is 12.4 Å². The molecule has 0 unspecified atom stereocenters. The van der Waals surface area contributed by atoms with Crippen LogP contribution in [0.3, 0.4) is 0 Å². The number of nitrogens with one attached hydrogen (secondary N) is 1. The maximum atomic E-state index is 11.5. The Morgan fingerprint density at radius 2 is 1.92 bits per heavy atom. The van der Waals surface area contributed by atoms with E-state index < -0.39 is 6.09 Å². The number of ketones is 1. The van der Waals surface area contributed by atoms with E-state index in [2.05, 4.69) is 17.2 Å². The van der Waals surface area contributed by atoms with Crippen LogP contribution in [-0.2, 0) is 11.3 Å². The van der Waals surface area contributed by atoms with Crippen LogP contribution in [0.2, 0.25) is 0 Å². The first-order valence-electron chi connectivity index (χ1n) is 7.33. The Balaban J connectivity index is 1.82. The maximum absolute atomic E-state index is 11.5. The first kappa shape index (κ1) is 17.1. The fourth-order valence-corrected chi connectivity index (χ4v) is 1.93. The van der Waals surface area contributed by atoms with Gasteiger partial charge in [0.25, 0.3) is 0 Å². The summed E-state index contributed by atoms with van der Waals surface area (Å²) in [5.41, 5.74) is 1.70. The van der Waals surface area contributed by atoms with Crippen molar-refractivity contribution in [2.24, 2.45) is 0 Å². The molecule has 5 heteroatoms. The number of Topliss-reactive ketones (excluding diaryl/α,β-unsaturated/α-hetero) is 1. The maximum Gasteiger partial charge on any atom is 0.408 e. The van der Waals surface area contributed by atoms with E-state index in [4.69, 9.17) is 4.74 Å². The van der Waals surface area contributed by atoms with Crippen molar-refractivity contribution in [1.29, 1.82) is 0 Å². The molecule has 2 aromatic rings. The predicted octanol–water partition coefficient (Wildman–Crippen LogP) is 2.87. The number of hydrogen-bond donors (Lipinski definition) is 2. The predicted molar refractivity (Wildman–Crippen MR) is 89.6 cm³/mol. The molecule has 2 rings (SSSR count). The number of phenolic OH excluding ortho intramolecular Hbond substituents is 1. The molecule has 0 heterocycles. The summed E-state index contributed by atoms with van der Waals surface area (Å²) in [6.45, 7) is 1.68. The first-order valence-corrected chi connectivity index (χ1v) is 7.33. The lowest BCUT2D eigenvalue weighted by molar-refractivity contribution is 0.101. The van der Waals surface area contributed by atoms with Gasteiger partial charge in [0.2, 0.25) is 0 Å². The molecule has 0 fully saturated rings. The minimum Gasteiger partial charge on any atom is -0.507 e. The zero-order chi connectivity index (χ0) is 17.4. The Kier molecular flexibility index (Phi) is 5.98. The van der Waals surface area contributed by atoms with Gasteiger partial charge in [0.15, 0.2) is 5.78 Å². The van der Waals surface area contributed by atoms with Crippen molar-refractivity contribution in [2.75, 3.05) is 6.54 Å². The van der Waals surface area contributed by atoms with Crippen LogP contribution in [0.15, 0.2) is 48.5 Å². The number of ether oxygens (including phenoxy) is 1. The van der Waals surface area contributed by atoms with E-state index >= 15 is 0 Å². The molecule has 0 bridgehead atoms. The largest absolute Gasteiger partial charge is 0.507 e. The van der Waals surface area contributed by atoms with E-state index in [1.165, 1.54) is 19.1 Å². The molecule has 0 aromatic heterocycles. The summed E-state index contributed by atoms with van der Waals surface area (Å²) >= 11 is 0. The highest BCUT2D eigenvalue weighted by Gasteiger charge is 2.06. The van der Waals surface area contributed by atoms with E-state index in [0.29, 0.717) is 5.56 Å². The zero-order valence-electron chi connectivity index (χ0n) is 13.2. The number of rotatable bonds is 4. The van der Waals surface area contributed by atoms with Crippen LogP contribution in [0.1, 0.15) is 28.4 Å². The van der Waals surface area contributed by atoms with Crippen molar-refractivity contribution in [2.45, 2.75) is 13.5 Å². The number of amides is 1. The van der Waals surface area contributed by atoms with E-state index in [9.17, 15) is 14.7 Å². The van der Waals surface area contributed by atoms with Crippen LogP contribution in [0.4, 0.5) is 4.79 Å². The van der Waals surface area contributed by atoms with Crippen molar-refractivity contribution < 1.29 is 19.4 Å². The van der Waals surface area contributed by atoms with E-state index in [-0.39, 0.29) is 30.2 Å². The van der Waals surface area contributed by atoms with Crippen LogP contribution in [-0.4, -0.2) is 23.5 Å². The van der Waals surface area contributed by atoms with E-state index in [1.54, 1.807) is 6.07 Å². The van der Waals surface area contributed by atoms with Gasteiger partial charge in [-0.2, -0.15) is 0 Å². The summed E-state index contributed by atoms with van der Waals surface area (Å²) < 4.78 is 5.05. The number of benzene rings is 2. The number of phenols is 1. The summed E-state index contributed by atoms with van der Waals surface area (Å²) in [7, 11) is 0. The van der Waals surface area contributed by atoms with E-state index in [0.717, 1.165) is 5.56 Å². The molecule has 0 spiro atoms. The third kappa shape index (κ3) is 5.18. The van der Waals surface area contributed by atoms with Crippen molar-refractivity contribution in [1.82, 2.24) is 5.32 Å². The van der Waals surface area contributed by atoms with Crippen molar-refractivity contribution in [3.63, 3.8) is 0 Å². The molecule has 0 aliphatic rings. The molecular weight excluding hydrogens is 306 g/mol. The third-order valence-electron chi connectivity index (χ3n) is 3.14. The number of alkyl carbamates (subject to hydrolysis) is 1. The van der Waals surface area contributed by atoms with Crippen LogP contribution in [0, 0.1) is 11.8 Å². The molecule has 2 N–H and O–H groups in total. The first-order chi connectivity index (χ1) is 11.6. The normalized spacial score (nSPS) is 9.54. The Morgan fingerprint density at radius 3 is 2.62 bits per heavy atom. The zero-order valence-corrected chi connectivity index (χ0v) is 13.2. The lowest BCUT2D eigenvalue weighted by Crippen LogP contribution is -2.24. The molecule has 0 saturated heterocycles. The minimum atomic E-state index is -0.553. The summed E-state index contributed by atoms with van der Waals surface area (Å²) in [5, 5.41) is 12.1. The number of aromatic hydroxyl groups is 1. The number of carbonyl (C=O) groups is 2. The molecule has 1 amide bonds. The summed E-state index contributed by atoms with van der Waals surface area (Å²) in [6.07, 6.45) is -0.553. The van der Waals surface area contributed by atoms with E-state index in [1.807, 2.05) is 30.3 Å². The van der Waals surface area contributed by atoms with Gasteiger partial charge >= 0.3 is 6.09 Å². The van der Waals surface area contributed by atoms with Gasteiger partial charge in [-0.15, -0.1) is 0 Å². The molecule has 0 radical (unpaired) electrons. The van der Waals surface area contributed by atoms with Gasteiger partial charge in [-0.3, -0.25) is 4.79 Å². The average Bonchev–Trinajstić information content (AvgIpc) is 2.59. The quantitative estimate of drug-likeness (QED) is 0.670. The molecule has 0 aliphatic carbocycles. The molecule has 0 atom stereocenters. The topological polar surface area (TPSA) is 75.6 Å². The molecule has 0 saturated carbocycles. The Bertz CT molecular complexity index is 788.